The van der Waals surface area contributed by atoms with Gasteiger partial charge < -0.3 is 4.74 Å². The van der Waals surface area contributed by atoms with Gasteiger partial charge >= 0.3 is 5.97 Å². The molecule has 29 heavy (non-hydrogen) atoms. The maximum absolute atomic E-state index is 12.9. The molecule has 0 spiro atoms. The van der Waals surface area contributed by atoms with Crippen LogP contribution in [-0.4, -0.2) is 29.3 Å². The molecular formula is C21H24ClN3O3S. The van der Waals surface area contributed by atoms with Crippen LogP contribution in [0.15, 0.2) is 24.3 Å². The van der Waals surface area contributed by atoms with E-state index in [-0.39, 0.29) is 23.7 Å². The number of amides is 1. The highest BCUT2D eigenvalue weighted by Crippen LogP contribution is 2.33. The van der Waals surface area contributed by atoms with Crippen molar-refractivity contribution in [2.24, 2.45) is 5.41 Å². The van der Waals surface area contributed by atoms with Gasteiger partial charge in [-0.25, -0.2) is 4.98 Å². The number of aryl methyl sites for hydroxylation is 1. The molecule has 0 unspecified atom stereocenters. The third kappa shape index (κ3) is 6.84. The smallest absolute Gasteiger partial charge is 0.321 e. The number of carbonyl (C=O) groups excluding carboxylic acids is 2. The number of ether oxygens (including phenoxy) is 1. The van der Waals surface area contributed by atoms with Gasteiger partial charge in [0, 0.05) is 6.42 Å². The summed E-state index contributed by atoms with van der Waals surface area (Å²) >= 11 is 6.90. The third-order valence-corrected chi connectivity index (χ3v) is 5.31. The number of hydrogen-bond donors (Lipinski definition) is 0. The summed E-state index contributed by atoms with van der Waals surface area (Å²) in [6, 6.07) is 9.16. The van der Waals surface area contributed by atoms with Crippen LogP contribution in [0, 0.1) is 23.7 Å². The number of halogens is 1. The Balaban J connectivity index is 2.34. The Morgan fingerprint density at radius 1 is 1.34 bits per heavy atom. The number of esters is 1. The molecule has 2 aromatic rings. The quantitative estimate of drug-likeness (QED) is 0.482. The van der Waals surface area contributed by atoms with E-state index < -0.39 is 12.6 Å². The Hall–Kier alpha value is -2.43. The second kappa shape index (κ2) is 9.86. The van der Waals surface area contributed by atoms with Gasteiger partial charge in [0.05, 0.1) is 28.9 Å². The van der Waals surface area contributed by atoms with Gasteiger partial charge in [0.25, 0.3) is 5.91 Å². The molecule has 1 heterocycles. The fraction of sp³-hybridized carbons (Fsp3) is 0.429. The van der Waals surface area contributed by atoms with Crippen molar-refractivity contribution in [2.45, 2.75) is 40.7 Å². The van der Waals surface area contributed by atoms with Crippen molar-refractivity contribution in [1.82, 2.24) is 4.98 Å². The molecule has 1 amide bonds. The van der Waals surface area contributed by atoms with Gasteiger partial charge in [0.1, 0.15) is 10.9 Å². The average molecular weight is 434 g/mol. The molecule has 0 radical (unpaired) electrons. The maximum atomic E-state index is 12.9. The molecule has 0 N–H and O–H groups in total. The summed E-state index contributed by atoms with van der Waals surface area (Å²) in [5.41, 5.74) is 2.11. The molecule has 1 aromatic carbocycles. The highest BCUT2D eigenvalue weighted by Gasteiger charge is 2.24. The van der Waals surface area contributed by atoms with Gasteiger partial charge in [-0.1, -0.05) is 32.9 Å². The lowest BCUT2D eigenvalue weighted by Gasteiger charge is -2.22. The first-order valence-corrected chi connectivity index (χ1v) is 10.5. The lowest BCUT2D eigenvalue weighted by atomic mass is 9.93. The summed E-state index contributed by atoms with van der Waals surface area (Å²) < 4.78 is 4.94. The number of alkyl halides is 1. The second-order valence-electron chi connectivity index (χ2n) is 7.82. The molecule has 154 valence electrons. The van der Waals surface area contributed by atoms with E-state index in [4.69, 9.17) is 21.6 Å². The highest BCUT2D eigenvalue weighted by molar-refractivity contribution is 7.16. The minimum absolute atomic E-state index is 0.0629. The third-order valence-electron chi connectivity index (χ3n) is 3.91. The van der Waals surface area contributed by atoms with Crippen LogP contribution in [0.3, 0.4) is 0 Å². The zero-order valence-electron chi connectivity index (χ0n) is 17.0. The van der Waals surface area contributed by atoms with E-state index in [1.54, 1.807) is 23.1 Å². The second-order valence-corrected chi connectivity index (χ2v) is 9.15. The number of nitriles is 1. The van der Waals surface area contributed by atoms with Gasteiger partial charge in [0.15, 0.2) is 6.61 Å². The molecule has 2 rings (SSSR count). The van der Waals surface area contributed by atoms with Crippen LogP contribution < -0.4 is 4.90 Å². The summed E-state index contributed by atoms with van der Waals surface area (Å²) in [5.74, 6) is -1.34. The van der Waals surface area contributed by atoms with E-state index in [9.17, 15) is 9.59 Å². The Bertz CT molecular complexity index is 928. The lowest BCUT2D eigenvalue weighted by Crippen LogP contribution is -2.34. The topological polar surface area (TPSA) is 83.3 Å². The monoisotopic (exact) mass is 433 g/mol. The summed E-state index contributed by atoms with van der Waals surface area (Å²) in [5, 5.41) is 10.8. The standard InChI is InChI=1S/C21H24ClN3O3S/c1-14-20(29-17(24-14)9-21(2,3)4)25(18(26)13-28-19(27)10-22)12-16-7-5-6-15(8-16)11-23/h5-8H,9-10,12-13H2,1-4H3. The molecule has 0 aliphatic heterocycles. The first-order chi connectivity index (χ1) is 13.6. The van der Waals surface area contributed by atoms with Gasteiger partial charge in [-0.3, -0.25) is 14.5 Å². The number of nitrogens with zero attached hydrogens (tertiary/aromatic N) is 3. The van der Waals surface area contributed by atoms with E-state index in [1.165, 1.54) is 11.3 Å². The molecule has 6 nitrogen and oxygen atoms in total. The summed E-state index contributed by atoms with van der Waals surface area (Å²) in [6.07, 6.45) is 0.783. The van der Waals surface area contributed by atoms with Crippen LogP contribution in [0.4, 0.5) is 5.00 Å². The largest absolute Gasteiger partial charge is 0.455 e. The van der Waals surface area contributed by atoms with Crippen LogP contribution in [-0.2, 0) is 27.3 Å². The Morgan fingerprint density at radius 3 is 2.69 bits per heavy atom. The van der Waals surface area contributed by atoms with Crippen LogP contribution >= 0.6 is 22.9 Å². The molecule has 1 aromatic heterocycles. The molecule has 0 saturated heterocycles. The Morgan fingerprint density at radius 2 is 2.07 bits per heavy atom. The molecule has 0 aliphatic rings. The van der Waals surface area contributed by atoms with E-state index in [0.717, 1.165) is 22.7 Å². The van der Waals surface area contributed by atoms with E-state index in [1.807, 2.05) is 13.0 Å². The summed E-state index contributed by atoms with van der Waals surface area (Å²) in [7, 11) is 0. The molecular weight excluding hydrogens is 410 g/mol. The average Bonchev–Trinajstić information content (AvgIpc) is 3.01. The number of aromatic nitrogens is 1. The van der Waals surface area contributed by atoms with E-state index >= 15 is 0 Å². The Labute approximate surface area is 180 Å². The molecule has 0 atom stereocenters. The minimum atomic E-state index is -0.652. The SMILES string of the molecule is Cc1nc(CC(C)(C)C)sc1N(Cc1cccc(C#N)c1)C(=O)COC(=O)CCl. The van der Waals surface area contributed by atoms with E-state index in [0.29, 0.717) is 10.6 Å². The number of benzene rings is 1. The molecule has 0 fully saturated rings. The first kappa shape index (κ1) is 22.9. The number of thiazole rings is 1. The predicted octanol–water partition coefficient (Wildman–Crippen LogP) is 4.23. The van der Waals surface area contributed by atoms with Crippen molar-refractivity contribution in [3.8, 4) is 6.07 Å². The van der Waals surface area contributed by atoms with Crippen molar-refractivity contribution < 1.29 is 14.3 Å². The zero-order valence-corrected chi connectivity index (χ0v) is 18.6. The molecule has 0 aliphatic carbocycles. The van der Waals surface area contributed by atoms with Crippen LogP contribution in [0.1, 0.15) is 42.6 Å². The fourth-order valence-electron chi connectivity index (χ4n) is 2.68. The number of carbonyl (C=O) groups is 2. The van der Waals surface area contributed by atoms with Crippen LogP contribution in [0.25, 0.3) is 0 Å². The predicted molar refractivity (Wildman–Crippen MR) is 114 cm³/mol. The van der Waals surface area contributed by atoms with Gasteiger partial charge in [-0.2, -0.15) is 5.26 Å². The number of rotatable bonds is 7. The lowest BCUT2D eigenvalue weighted by molar-refractivity contribution is -0.145. The van der Waals surface area contributed by atoms with Crippen LogP contribution in [0.2, 0.25) is 0 Å². The number of anilines is 1. The van der Waals surface area contributed by atoms with Gasteiger partial charge in [0.2, 0.25) is 0 Å². The fourth-order valence-corrected chi connectivity index (χ4v) is 4.13. The highest BCUT2D eigenvalue weighted by atomic mass is 35.5. The van der Waals surface area contributed by atoms with Gasteiger partial charge in [-0.05, 0) is 30.0 Å². The summed E-state index contributed by atoms with van der Waals surface area (Å²) in [4.78, 5) is 30.4. The molecule has 0 saturated carbocycles. The van der Waals surface area contributed by atoms with E-state index in [2.05, 4.69) is 31.8 Å². The minimum Gasteiger partial charge on any atom is -0.455 e. The zero-order chi connectivity index (χ0) is 21.6. The van der Waals surface area contributed by atoms with Crippen molar-refractivity contribution >= 4 is 39.8 Å². The normalized spacial score (nSPS) is 11.0. The van der Waals surface area contributed by atoms with Gasteiger partial charge in [-0.15, -0.1) is 22.9 Å². The van der Waals surface area contributed by atoms with Crippen molar-refractivity contribution in [3.63, 3.8) is 0 Å². The molecule has 0 bridgehead atoms. The summed E-state index contributed by atoms with van der Waals surface area (Å²) in [6.45, 7) is 8.08. The van der Waals surface area contributed by atoms with Crippen molar-refractivity contribution in [3.05, 3.63) is 46.1 Å². The number of hydrogen-bond acceptors (Lipinski definition) is 6. The van der Waals surface area contributed by atoms with Crippen molar-refractivity contribution in [1.29, 1.82) is 5.26 Å². The van der Waals surface area contributed by atoms with Crippen LogP contribution in [0.5, 0.6) is 0 Å². The van der Waals surface area contributed by atoms with Crippen molar-refractivity contribution in [2.75, 3.05) is 17.4 Å². The first-order valence-electron chi connectivity index (χ1n) is 9.10. The maximum Gasteiger partial charge on any atom is 0.321 e. The Kier molecular flexibility index (Phi) is 7.77. The molecule has 8 heteroatoms.